The van der Waals surface area contributed by atoms with Gasteiger partial charge in [-0.1, -0.05) is 29.8 Å². The van der Waals surface area contributed by atoms with Crippen LogP contribution >= 0.6 is 11.6 Å². The van der Waals surface area contributed by atoms with E-state index in [4.69, 9.17) is 16.3 Å². The minimum absolute atomic E-state index is 0.0697. The van der Waals surface area contributed by atoms with Crippen LogP contribution in [0.15, 0.2) is 54.6 Å². The van der Waals surface area contributed by atoms with Crippen LogP contribution in [0.1, 0.15) is 28.5 Å². The van der Waals surface area contributed by atoms with E-state index < -0.39 is 36.0 Å². The van der Waals surface area contributed by atoms with E-state index in [9.17, 15) is 23.5 Å². The van der Waals surface area contributed by atoms with Crippen molar-refractivity contribution in [3.05, 3.63) is 82.5 Å². The van der Waals surface area contributed by atoms with Crippen LogP contribution in [0.25, 0.3) is 11.3 Å². The van der Waals surface area contributed by atoms with Gasteiger partial charge < -0.3 is 15.2 Å². The van der Waals surface area contributed by atoms with Crippen LogP contribution in [0.5, 0.6) is 5.75 Å². The lowest BCUT2D eigenvalue weighted by Gasteiger charge is -2.19. The third kappa shape index (κ3) is 5.16. The third-order valence-electron chi connectivity index (χ3n) is 4.46. The predicted octanol–water partition coefficient (Wildman–Crippen LogP) is 4.63. The first kappa shape index (κ1) is 22.2. The van der Waals surface area contributed by atoms with Gasteiger partial charge >= 0.3 is 5.97 Å². The number of carboxylic acids is 1. The van der Waals surface area contributed by atoms with Gasteiger partial charge in [-0.25, -0.2) is 13.8 Å². The first-order valence-electron chi connectivity index (χ1n) is 9.07. The summed E-state index contributed by atoms with van der Waals surface area (Å²) < 4.78 is 33.1. The second kappa shape index (κ2) is 9.53. The van der Waals surface area contributed by atoms with Crippen molar-refractivity contribution in [1.82, 2.24) is 10.3 Å². The van der Waals surface area contributed by atoms with Gasteiger partial charge in [0.1, 0.15) is 28.8 Å². The summed E-state index contributed by atoms with van der Waals surface area (Å²) in [6.07, 6.45) is -0.420. The Balaban J connectivity index is 1.98. The Hall–Kier alpha value is -3.52. The maximum atomic E-state index is 14.3. The molecule has 2 aromatic carbocycles. The number of carbonyl (C=O) groups excluding carboxylic acids is 1. The van der Waals surface area contributed by atoms with Crippen LogP contribution in [0, 0.1) is 11.6 Å². The number of ether oxygens (including phenoxy) is 1. The summed E-state index contributed by atoms with van der Waals surface area (Å²) in [6.45, 7) is 0. The Bertz CT molecular complexity index is 1140. The Morgan fingerprint density at radius 2 is 1.90 bits per heavy atom. The van der Waals surface area contributed by atoms with Gasteiger partial charge in [0.15, 0.2) is 0 Å². The highest BCUT2D eigenvalue weighted by molar-refractivity contribution is 6.31. The number of aliphatic carboxylic acids is 1. The molecule has 0 radical (unpaired) electrons. The molecule has 3 aromatic rings. The fourth-order valence-corrected chi connectivity index (χ4v) is 3.28. The molecular formula is C22H17ClF2N2O4. The minimum atomic E-state index is -1.14. The van der Waals surface area contributed by atoms with Crippen LogP contribution in [-0.2, 0) is 4.79 Å². The van der Waals surface area contributed by atoms with Gasteiger partial charge in [-0.3, -0.25) is 9.59 Å². The first-order valence-corrected chi connectivity index (χ1v) is 9.45. The lowest BCUT2D eigenvalue weighted by Crippen LogP contribution is -2.31. The van der Waals surface area contributed by atoms with Crippen molar-refractivity contribution >= 4 is 23.5 Å². The lowest BCUT2D eigenvalue weighted by atomic mass is 10.0. The maximum absolute atomic E-state index is 14.3. The SMILES string of the molecule is COc1ccc(C(=O)NC(CC(=O)O)c2ccccc2Cl)nc1-c1cc(F)ccc1F. The average Bonchev–Trinajstić information content (AvgIpc) is 2.74. The number of methoxy groups -OCH3 is 1. The summed E-state index contributed by atoms with van der Waals surface area (Å²) in [5, 5.41) is 12.1. The average molecular weight is 447 g/mol. The number of rotatable bonds is 7. The van der Waals surface area contributed by atoms with Gasteiger partial charge in [0.25, 0.3) is 5.91 Å². The molecule has 0 saturated heterocycles. The molecule has 1 aromatic heterocycles. The zero-order valence-electron chi connectivity index (χ0n) is 16.2. The van der Waals surface area contributed by atoms with Crippen molar-refractivity contribution in [1.29, 1.82) is 0 Å². The first-order chi connectivity index (χ1) is 14.8. The monoisotopic (exact) mass is 446 g/mol. The van der Waals surface area contributed by atoms with E-state index in [1.807, 2.05) is 0 Å². The molecule has 0 aliphatic heterocycles. The molecule has 6 nitrogen and oxygen atoms in total. The summed E-state index contributed by atoms with van der Waals surface area (Å²) in [7, 11) is 1.33. The van der Waals surface area contributed by atoms with E-state index in [0.29, 0.717) is 10.6 Å². The zero-order chi connectivity index (χ0) is 22.5. The summed E-state index contributed by atoms with van der Waals surface area (Å²) in [4.78, 5) is 28.3. The zero-order valence-corrected chi connectivity index (χ0v) is 17.0. The van der Waals surface area contributed by atoms with E-state index in [1.54, 1.807) is 24.3 Å². The highest BCUT2D eigenvalue weighted by atomic mass is 35.5. The number of hydrogen-bond acceptors (Lipinski definition) is 4. The van der Waals surface area contributed by atoms with Crippen LogP contribution in [-0.4, -0.2) is 29.1 Å². The van der Waals surface area contributed by atoms with E-state index in [1.165, 1.54) is 19.2 Å². The summed E-state index contributed by atoms with van der Waals surface area (Å²) >= 11 is 6.16. The van der Waals surface area contributed by atoms with Crippen molar-refractivity contribution in [2.24, 2.45) is 0 Å². The van der Waals surface area contributed by atoms with Gasteiger partial charge in [0.05, 0.1) is 19.6 Å². The summed E-state index contributed by atoms with van der Waals surface area (Å²) in [5.74, 6) is -3.16. The second-order valence-electron chi connectivity index (χ2n) is 6.52. The molecular weight excluding hydrogens is 430 g/mol. The molecule has 2 N–H and O–H groups in total. The minimum Gasteiger partial charge on any atom is -0.494 e. The van der Waals surface area contributed by atoms with Gasteiger partial charge in [0.2, 0.25) is 0 Å². The molecule has 1 atom stereocenters. The second-order valence-corrected chi connectivity index (χ2v) is 6.92. The van der Waals surface area contributed by atoms with Crippen molar-refractivity contribution in [2.45, 2.75) is 12.5 Å². The number of nitrogens with zero attached hydrogens (tertiary/aromatic N) is 1. The summed E-state index contributed by atoms with van der Waals surface area (Å²) in [6, 6.07) is 11.2. The number of halogens is 3. The topological polar surface area (TPSA) is 88.5 Å². The van der Waals surface area contributed by atoms with Gasteiger partial charge in [-0.2, -0.15) is 0 Å². The Kier molecular flexibility index (Phi) is 6.81. The fourth-order valence-electron chi connectivity index (χ4n) is 3.01. The van der Waals surface area contributed by atoms with Gasteiger partial charge in [-0.15, -0.1) is 0 Å². The number of aromatic nitrogens is 1. The molecule has 0 spiro atoms. The quantitative estimate of drug-likeness (QED) is 0.552. The van der Waals surface area contributed by atoms with Crippen molar-refractivity contribution in [2.75, 3.05) is 7.11 Å². The fraction of sp³-hybridized carbons (Fsp3) is 0.136. The number of amides is 1. The number of hydrogen-bond donors (Lipinski definition) is 2. The third-order valence-corrected chi connectivity index (χ3v) is 4.80. The molecule has 1 unspecified atom stereocenters. The number of benzene rings is 2. The predicted molar refractivity (Wildman–Crippen MR) is 110 cm³/mol. The highest BCUT2D eigenvalue weighted by Crippen LogP contribution is 2.31. The van der Waals surface area contributed by atoms with Gasteiger partial charge in [0, 0.05) is 10.6 Å². The van der Waals surface area contributed by atoms with Crippen molar-refractivity contribution in [3.63, 3.8) is 0 Å². The van der Waals surface area contributed by atoms with Gasteiger partial charge in [-0.05, 0) is 42.0 Å². The van der Waals surface area contributed by atoms with Crippen LogP contribution in [0.3, 0.4) is 0 Å². The molecule has 3 rings (SSSR count). The molecule has 1 amide bonds. The van der Waals surface area contributed by atoms with E-state index in [-0.39, 0.29) is 22.7 Å². The molecule has 0 aliphatic rings. The largest absolute Gasteiger partial charge is 0.494 e. The van der Waals surface area contributed by atoms with Crippen LogP contribution in [0.2, 0.25) is 5.02 Å². The molecule has 0 saturated carbocycles. The smallest absolute Gasteiger partial charge is 0.305 e. The van der Waals surface area contributed by atoms with Crippen LogP contribution < -0.4 is 10.1 Å². The molecule has 160 valence electrons. The number of carbonyl (C=O) groups is 2. The maximum Gasteiger partial charge on any atom is 0.305 e. The lowest BCUT2D eigenvalue weighted by molar-refractivity contribution is -0.137. The molecule has 0 fully saturated rings. The van der Waals surface area contributed by atoms with Crippen LogP contribution in [0.4, 0.5) is 8.78 Å². The highest BCUT2D eigenvalue weighted by Gasteiger charge is 2.23. The number of carboxylic acid groups (broad SMARTS) is 1. The Morgan fingerprint density at radius 3 is 2.58 bits per heavy atom. The number of nitrogens with one attached hydrogen (secondary N) is 1. The molecule has 31 heavy (non-hydrogen) atoms. The normalized spacial score (nSPS) is 11.6. The molecule has 0 aliphatic carbocycles. The van der Waals surface area contributed by atoms with E-state index >= 15 is 0 Å². The number of pyridine rings is 1. The molecule has 0 bridgehead atoms. The van der Waals surface area contributed by atoms with Crippen molar-refractivity contribution < 1.29 is 28.2 Å². The molecule has 9 heteroatoms. The molecule has 1 heterocycles. The van der Waals surface area contributed by atoms with Crippen molar-refractivity contribution in [3.8, 4) is 17.0 Å². The van der Waals surface area contributed by atoms with E-state index in [2.05, 4.69) is 10.3 Å². The standard InChI is InChI=1S/C22H17ClF2N2O4/c1-31-19-9-8-17(26-21(19)14-10-12(24)6-7-16(14)25)22(30)27-18(11-20(28)29)13-4-2-3-5-15(13)23/h2-10,18H,11H2,1H3,(H,27,30)(H,28,29). The summed E-state index contributed by atoms with van der Waals surface area (Å²) in [5.41, 5.74) is 0.0334. The Labute approximate surface area is 181 Å². The Morgan fingerprint density at radius 1 is 1.16 bits per heavy atom. The van der Waals surface area contributed by atoms with E-state index in [0.717, 1.165) is 18.2 Å².